The number of carbonyl (C=O) groups excluding carboxylic acids is 1. The molecule has 0 spiro atoms. The molecule has 0 radical (unpaired) electrons. The number of carbonyl (C=O) groups is 1. The molecule has 1 N–H and O–H groups in total. The fourth-order valence-corrected chi connectivity index (χ4v) is 3.78. The second-order valence-electron chi connectivity index (χ2n) is 8.37. The summed E-state index contributed by atoms with van der Waals surface area (Å²) in [6, 6.07) is 0.872. The largest absolute Gasteiger partial charge is 0.444 e. The van der Waals surface area contributed by atoms with Crippen LogP contribution in [-0.4, -0.2) is 62.8 Å². The third kappa shape index (κ3) is 5.34. The Kier molecular flexibility index (Phi) is 6.07. The summed E-state index contributed by atoms with van der Waals surface area (Å²) in [6.45, 7) is 8.17. The molecule has 0 bridgehead atoms. The van der Waals surface area contributed by atoms with Crippen LogP contribution in [-0.2, 0) is 11.3 Å². The molecule has 28 heavy (non-hydrogen) atoms. The van der Waals surface area contributed by atoms with Gasteiger partial charge in [0, 0.05) is 36.7 Å². The number of rotatable bonds is 3. The zero-order valence-corrected chi connectivity index (χ0v) is 16.7. The van der Waals surface area contributed by atoms with Crippen molar-refractivity contribution >= 4 is 11.9 Å². The zero-order valence-electron chi connectivity index (χ0n) is 16.7. The molecule has 1 fully saturated rings. The second-order valence-corrected chi connectivity index (χ2v) is 8.37. The highest BCUT2D eigenvalue weighted by atomic mass is 16.6. The van der Waals surface area contributed by atoms with Crippen LogP contribution in [0.4, 0.5) is 10.6 Å². The molecule has 0 saturated heterocycles. The molecule has 1 amide bonds. The highest BCUT2D eigenvalue weighted by Gasteiger charge is 2.30. The lowest BCUT2D eigenvalue weighted by molar-refractivity contribution is -0.389. The van der Waals surface area contributed by atoms with Gasteiger partial charge in [-0.15, -0.1) is 0 Å². The van der Waals surface area contributed by atoms with Crippen LogP contribution in [0.25, 0.3) is 0 Å². The van der Waals surface area contributed by atoms with E-state index in [1.807, 2.05) is 20.8 Å². The normalized spacial score (nSPS) is 23.7. The maximum atomic E-state index is 11.9. The lowest BCUT2D eigenvalue weighted by Crippen LogP contribution is -2.47. The summed E-state index contributed by atoms with van der Waals surface area (Å²) in [5.74, 6) is -0.183. The highest BCUT2D eigenvalue weighted by molar-refractivity contribution is 5.68. The number of nitrogens with zero attached hydrogens (tertiary/aromatic N) is 4. The minimum Gasteiger partial charge on any atom is -0.444 e. The fraction of sp³-hybridized carbons (Fsp3) is 0.778. The Morgan fingerprint density at radius 2 is 2.00 bits per heavy atom. The van der Waals surface area contributed by atoms with Gasteiger partial charge in [0.25, 0.3) is 0 Å². The Morgan fingerprint density at radius 1 is 1.29 bits per heavy atom. The number of hydrogen-bond donors (Lipinski definition) is 1. The topological polar surface area (TPSA) is 112 Å². The molecule has 3 rings (SSSR count). The summed E-state index contributed by atoms with van der Waals surface area (Å²) < 4.78 is 12.7. The third-order valence-corrected chi connectivity index (χ3v) is 5.09. The van der Waals surface area contributed by atoms with Crippen molar-refractivity contribution < 1.29 is 19.2 Å². The molecular weight excluding hydrogens is 366 g/mol. The van der Waals surface area contributed by atoms with Gasteiger partial charge in [0.05, 0.1) is 0 Å². The van der Waals surface area contributed by atoms with Gasteiger partial charge >= 0.3 is 17.9 Å². The van der Waals surface area contributed by atoms with Gasteiger partial charge in [-0.3, -0.25) is 9.47 Å². The highest BCUT2D eigenvalue weighted by Crippen LogP contribution is 2.25. The molecule has 1 aromatic heterocycles. The summed E-state index contributed by atoms with van der Waals surface area (Å²) in [7, 11) is 0. The van der Waals surface area contributed by atoms with Crippen LogP contribution in [0.5, 0.6) is 6.01 Å². The quantitative estimate of drug-likeness (QED) is 0.617. The number of ether oxygens (including phenoxy) is 2. The number of imidazole rings is 1. The van der Waals surface area contributed by atoms with Crippen molar-refractivity contribution in [2.24, 2.45) is 0 Å². The molecule has 1 aliphatic heterocycles. The van der Waals surface area contributed by atoms with Gasteiger partial charge in [-0.05, 0) is 51.4 Å². The van der Waals surface area contributed by atoms with Crippen LogP contribution in [0, 0.1) is 10.1 Å². The van der Waals surface area contributed by atoms with Gasteiger partial charge in [-0.1, -0.05) is 0 Å². The molecule has 1 aromatic rings. The van der Waals surface area contributed by atoms with Crippen molar-refractivity contribution in [2.45, 2.75) is 70.7 Å². The van der Waals surface area contributed by atoms with Crippen molar-refractivity contribution in [3.05, 3.63) is 16.3 Å². The molecule has 0 aromatic carbocycles. The SMILES string of the molecule is CC(C)(C)OC(=O)NC1CCC(N2CCOc3nc([N+](=O)[O-])cn3CC2)CC1. The van der Waals surface area contributed by atoms with Crippen LogP contribution in [0.2, 0.25) is 0 Å². The monoisotopic (exact) mass is 395 g/mol. The summed E-state index contributed by atoms with van der Waals surface area (Å²) in [6.07, 6.45) is 4.85. The average molecular weight is 395 g/mol. The van der Waals surface area contributed by atoms with E-state index in [0.717, 1.165) is 38.8 Å². The van der Waals surface area contributed by atoms with E-state index in [4.69, 9.17) is 9.47 Å². The predicted molar refractivity (Wildman–Crippen MR) is 101 cm³/mol. The lowest BCUT2D eigenvalue weighted by atomic mass is 9.90. The van der Waals surface area contributed by atoms with E-state index in [0.29, 0.717) is 25.2 Å². The minimum atomic E-state index is -0.502. The van der Waals surface area contributed by atoms with Gasteiger partial charge in [-0.25, -0.2) is 4.79 Å². The van der Waals surface area contributed by atoms with Crippen molar-refractivity contribution in [1.82, 2.24) is 19.8 Å². The maximum absolute atomic E-state index is 11.9. The average Bonchev–Trinajstić information content (AvgIpc) is 2.97. The second kappa shape index (κ2) is 8.34. The first-order valence-corrected chi connectivity index (χ1v) is 9.79. The Hall–Kier alpha value is -2.36. The number of nitro groups is 1. The number of alkyl carbamates (subject to hydrolysis) is 1. The van der Waals surface area contributed by atoms with E-state index in [1.54, 1.807) is 4.57 Å². The van der Waals surface area contributed by atoms with Gasteiger partial charge in [-0.2, -0.15) is 0 Å². The Labute approximate surface area is 164 Å². The molecule has 10 heteroatoms. The first-order chi connectivity index (χ1) is 13.2. The molecule has 0 unspecified atom stereocenters. The van der Waals surface area contributed by atoms with E-state index < -0.39 is 10.5 Å². The predicted octanol–water partition coefficient (Wildman–Crippen LogP) is 2.32. The molecule has 1 aliphatic carbocycles. The maximum Gasteiger partial charge on any atom is 0.414 e. The minimum absolute atomic E-state index is 0.139. The smallest absolute Gasteiger partial charge is 0.414 e. The number of nitrogens with one attached hydrogen (secondary N) is 1. The first kappa shape index (κ1) is 20.4. The van der Waals surface area contributed by atoms with Crippen molar-refractivity contribution in [3.63, 3.8) is 0 Å². The number of hydrogen-bond acceptors (Lipinski definition) is 7. The summed E-state index contributed by atoms with van der Waals surface area (Å²) in [5, 5.41) is 13.9. The first-order valence-electron chi connectivity index (χ1n) is 9.79. The number of aromatic nitrogens is 2. The zero-order chi connectivity index (χ0) is 20.3. The lowest BCUT2D eigenvalue weighted by Gasteiger charge is -2.37. The van der Waals surface area contributed by atoms with Crippen molar-refractivity contribution in [2.75, 3.05) is 19.7 Å². The van der Waals surface area contributed by atoms with Gasteiger partial charge < -0.3 is 24.9 Å². The fourth-order valence-electron chi connectivity index (χ4n) is 3.78. The van der Waals surface area contributed by atoms with E-state index in [9.17, 15) is 14.9 Å². The molecule has 2 heterocycles. The third-order valence-electron chi connectivity index (χ3n) is 5.09. The van der Waals surface area contributed by atoms with E-state index in [1.165, 1.54) is 6.20 Å². The molecular formula is C18H29N5O5. The number of amides is 1. The number of fused-ring (bicyclic) bond motifs is 1. The summed E-state index contributed by atoms with van der Waals surface area (Å²) in [5.41, 5.74) is -0.493. The molecule has 1 saturated carbocycles. The summed E-state index contributed by atoms with van der Waals surface area (Å²) in [4.78, 5) is 28.6. The Bertz CT molecular complexity index is 706. The van der Waals surface area contributed by atoms with Crippen LogP contribution in [0.3, 0.4) is 0 Å². The van der Waals surface area contributed by atoms with Gasteiger partial charge in [0.2, 0.25) is 0 Å². The standard InChI is InChI=1S/C18H29N5O5/c1-18(2,3)28-17(24)19-13-4-6-14(7-5-13)21-8-9-22-12-15(23(25)26)20-16(22)27-11-10-21/h12-14H,4-11H2,1-3H3,(H,19,24). The van der Waals surface area contributed by atoms with Crippen LogP contribution in [0.15, 0.2) is 6.20 Å². The van der Waals surface area contributed by atoms with Crippen LogP contribution in [0.1, 0.15) is 46.5 Å². The van der Waals surface area contributed by atoms with E-state index in [2.05, 4.69) is 15.2 Å². The van der Waals surface area contributed by atoms with Gasteiger partial charge in [0.1, 0.15) is 18.4 Å². The molecule has 0 atom stereocenters. The summed E-state index contributed by atoms with van der Waals surface area (Å²) >= 11 is 0. The van der Waals surface area contributed by atoms with Crippen molar-refractivity contribution in [1.29, 1.82) is 0 Å². The van der Waals surface area contributed by atoms with Crippen molar-refractivity contribution in [3.8, 4) is 6.01 Å². The molecule has 10 nitrogen and oxygen atoms in total. The van der Waals surface area contributed by atoms with Crippen LogP contribution >= 0.6 is 0 Å². The molecule has 156 valence electrons. The van der Waals surface area contributed by atoms with Gasteiger partial charge in [0.15, 0.2) is 0 Å². The molecule has 2 aliphatic rings. The Balaban J connectivity index is 1.49. The van der Waals surface area contributed by atoms with Crippen LogP contribution < -0.4 is 10.1 Å². The van der Waals surface area contributed by atoms with E-state index in [-0.39, 0.29) is 18.0 Å². The van der Waals surface area contributed by atoms with E-state index >= 15 is 0 Å². The Morgan fingerprint density at radius 3 is 2.64 bits per heavy atom.